The van der Waals surface area contributed by atoms with E-state index >= 15 is 0 Å². The largest absolute Gasteiger partial charge is 0.507 e. The van der Waals surface area contributed by atoms with Crippen molar-refractivity contribution in [3.8, 4) is 5.75 Å². The van der Waals surface area contributed by atoms with Crippen LogP contribution in [0.15, 0.2) is 78.4 Å². The van der Waals surface area contributed by atoms with E-state index in [0.29, 0.717) is 17.9 Å². The summed E-state index contributed by atoms with van der Waals surface area (Å²) < 4.78 is 11.1. The highest BCUT2D eigenvalue weighted by atomic mass is 16.5. The van der Waals surface area contributed by atoms with Crippen molar-refractivity contribution in [1.82, 2.24) is 4.90 Å². The summed E-state index contributed by atoms with van der Waals surface area (Å²) in [6.45, 7) is 2.95. The quantitative estimate of drug-likeness (QED) is 0.261. The van der Waals surface area contributed by atoms with Crippen molar-refractivity contribution in [1.29, 1.82) is 0 Å². The molecule has 1 heterocycles. The summed E-state index contributed by atoms with van der Waals surface area (Å²) in [6, 6.07) is 21.8. The number of benzene rings is 3. The standard InChI is InChI=1S/C30H32N2O5/c1-20-7-5-6-8-23(20)19-37-25-15-11-22(12-16-25)28(33)26-27(21-9-13-24(14-10-21)31(2)3)32(17-18-36-4)30(35)29(26)34/h5-16,27,33H,17-19H2,1-4H3/b28-26+. The lowest BCUT2D eigenvalue weighted by molar-refractivity contribution is -0.140. The van der Waals surface area contributed by atoms with Gasteiger partial charge in [-0.3, -0.25) is 9.59 Å². The van der Waals surface area contributed by atoms with E-state index in [1.165, 1.54) is 4.90 Å². The van der Waals surface area contributed by atoms with Crippen LogP contribution < -0.4 is 9.64 Å². The topological polar surface area (TPSA) is 79.3 Å². The lowest BCUT2D eigenvalue weighted by Crippen LogP contribution is -2.32. The van der Waals surface area contributed by atoms with Gasteiger partial charge in [-0.15, -0.1) is 0 Å². The van der Waals surface area contributed by atoms with E-state index in [2.05, 4.69) is 0 Å². The smallest absolute Gasteiger partial charge is 0.295 e. The van der Waals surface area contributed by atoms with Gasteiger partial charge in [-0.05, 0) is 60.0 Å². The summed E-state index contributed by atoms with van der Waals surface area (Å²) >= 11 is 0. The van der Waals surface area contributed by atoms with Gasteiger partial charge in [0.2, 0.25) is 0 Å². The molecule has 1 unspecified atom stereocenters. The van der Waals surface area contributed by atoms with Crippen LogP contribution in [-0.2, 0) is 20.9 Å². The number of aryl methyl sites for hydroxylation is 1. The molecular formula is C30H32N2O5. The molecule has 37 heavy (non-hydrogen) atoms. The number of aliphatic hydroxyl groups is 1. The zero-order valence-electron chi connectivity index (χ0n) is 21.6. The summed E-state index contributed by atoms with van der Waals surface area (Å²) in [6.07, 6.45) is 0. The van der Waals surface area contributed by atoms with Crippen molar-refractivity contribution in [2.24, 2.45) is 0 Å². The monoisotopic (exact) mass is 500 g/mol. The maximum absolute atomic E-state index is 13.1. The second kappa shape index (κ2) is 11.3. The summed E-state index contributed by atoms with van der Waals surface area (Å²) in [4.78, 5) is 29.5. The van der Waals surface area contributed by atoms with Crippen LogP contribution in [0, 0.1) is 6.92 Å². The molecule has 0 spiro atoms. The number of likely N-dealkylation sites (tertiary alicyclic amines) is 1. The van der Waals surface area contributed by atoms with Gasteiger partial charge in [0.25, 0.3) is 11.7 Å². The number of aliphatic hydroxyl groups excluding tert-OH is 1. The van der Waals surface area contributed by atoms with Crippen molar-refractivity contribution in [2.45, 2.75) is 19.6 Å². The first kappa shape index (κ1) is 26.0. The molecule has 3 aromatic carbocycles. The molecule has 3 aromatic rings. The number of ether oxygens (including phenoxy) is 2. The van der Waals surface area contributed by atoms with Gasteiger partial charge in [-0.1, -0.05) is 36.4 Å². The van der Waals surface area contributed by atoms with Crippen LogP contribution in [0.4, 0.5) is 5.69 Å². The minimum atomic E-state index is -0.719. The Balaban J connectivity index is 1.65. The second-order valence-corrected chi connectivity index (χ2v) is 9.21. The third-order valence-corrected chi connectivity index (χ3v) is 6.58. The van der Waals surface area contributed by atoms with Crippen molar-refractivity contribution < 1.29 is 24.2 Å². The normalized spacial score (nSPS) is 16.8. The van der Waals surface area contributed by atoms with Crippen LogP contribution in [0.5, 0.6) is 5.75 Å². The van der Waals surface area contributed by atoms with E-state index in [1.54, 1.807) is 31.4 Å². The number of rotatable bonds is 9. The number of carbonyl (C=O) groups excluding carboxylic acids is 2. The number of carbonyl (C=O) groups is 2. The van der Waals surface area contributed by atoms with E-state index in [0.717, 1.165) is 22.4 Å². The van der Waals surface area contributed by atoms with Crippen molar-refractivity contribution >= 4 is 23.1 Å². The predicted octanol–water partition coefficient (Wildman–Crippen LogP) is 4.71. The fourth-order valence-electron chi connectivity index (χ4n) is 4.40. The van der Waals surface area contributed by atoms with Crippen LogP contribution in [-0.4, -0.2) is 56.1 Å². The minimum Gasteiger partial charge on any atom is -0.507 e. The fourth-order valence-corrected chi connectivity index (χ4v) is 4.40. The van der Waals surface area contributed by atoms with E-state index in [1.807, 2.05) is 74.4 Å². The lowest BCUT2D eigenvalue weighted by atomic mass is 9.95. The SMILES string of the molecule is COCCN1C(=O)C(=O)/C(=C(/O)c2ccc(OCc3ccccc3C)cc2)C1c1ccc(N(C)C)cc1. The van der Waals surface area contributed by atoms with E-state index < -0.39 is 17.7 Å². The molecule has 192 valence electrons. The van der Waals surface area contributed by atoms with Gasteiger partial charge >= 0.3 is 0 Å². The predicted molar refractivity (Wildman–Crippen MR) is 144 cm³/mol. The number of anilines is 1. The van der Waals surface area contributed by atoms with Gasteiger partial charge in [0.1, 0.15) is 18.1 Å². The molecule has 7 heteroatoms. The van der Waals surface area contributed by atoms with Gasteiger partial charge < -0.3 is 24.4 Å². The highest BCUT2D eigenvalue weighted by molar-refractivity contribution is 6.46. The van der Waals surface area contributed by atoms with Gasteiger partial charge in [0, 0.05) is 39.0 Å². The first-order valence-corrected chi connectivity index (χ1v) is 12.1. The molecule has 0 aliphatic carbocycles. The zero-order chi connectivity index (χ0) is 26.5. The Morgan fingerprint density at radius 3 is 2.27 bits per heavy atom. The molecule has 0 aromatic heterocycles. The number of amides is 1. The Labute approximate surface area is 217 Å². The number of ketones is 1. The Bertz CT molecular complexity index is 1300. The maximum atomic E-state index is 13.1. The van der Waals surface area contributed by atoms with Crippen LogP contribution in [0.3, 0.4) is 0 Å². The molecule has 1 N–H and O–H groups in total. The van der Waals surface area contributed by atoms with E-state index in [9.17, 15) is 14.7 Å². The third kappa shape index (κ3) is 5.52. The van der Waals surface area contributed by atoms with Crippen molar-refractivity contribution in [3.63, 3.8) is 0 Å². The molecule has 1 atom stereocenters. The first-order valence-electron chi connectivity index (χ1n) is 12.1. The fraction of sp³-hybridized carbons (Fsp3) is 0.267. The molecule has 0 bridgehead atoms. The van der Waals surface area contributed by atoms with Crippen LogP contribution in [0.25, 0.3) is 5.76 Å². The molecule has 0 saturated carbocycles. The molecule has 1 aliphatic heterocycles. The molecule has 7 nitrogen and oxygen atoms in total. The number of hydrogen-bond donors (Lipinski definition) is 1. The number of hydrogen-bond acceptors (Lipinski definition) is 6. The third-order valence-electron chi connectivity index (χ3n) is 6.58. The van der Waals surface area contributed by atoms with Gasteiger partial charge in [-0.25, -0.2) is 0 Å². The molecule has 0 radical (unpaired) electrons. The second-order valence-electron chi connectivity index (χ2n) is 9.21. The first-order chi connectivity index (χ1) is 17.8. The number of Topliss-reactive ketones (excluding diaryl/α,β-unsaturated/α-hetero) is 1. The van der Waals surface area contributed by atoms with Crippen LogP contribution in [0.2, 0.25) is 0 Å². The minimum absolute atomic E-state index is 0.0623. The van der Waals surface area contributed by atoms with E-state index in [-0.39, 0.29) is 24.5 Å². The molecule has 1 amide bonds. The molecule has 1 saturated heterocycles. The van der Waals surface area contributed by atoms with Gasteiger partial charge in [-0.2, -0.15) is 0 Å². The molecular weight excluding hydrogens is 468 g/mol. The summed E-state index contributed by atoms with van der Waals surface area (Å²) in [5, 5.41) is 11.3. The van der Waals surface area contributed by atoms with Crippen molar-refractivity contribution in [3.05, 3.63) is 101 Å². The van der Waals surface area contributed by atoms with E-state index in [4.69, 9.17) is 9.47 Å². The maximum Gasteiger partial charge on any atom is 0.295 e. The summed E-state index contributed by atoms with van der Waals surface area (Å²) in [5.74, 6) is -0.949. The average Bonchev–Trinajstić information content (AvgIpc) is 3.16. The number of nitrogens with zero attached hydrogens (tertiary/aromatic N) is 2. The zero-order valence-corrected chi connectivity index (χ0v) is 21.6. The lowest BCUT2D eigenvalue weighted by Gasteiger charge is -2.25. The number of methoxy groups -OCH3 is 1. The summed E-state index contributed by atoms with van der Waals surface area (Å²) in [7, 11) is 5.42. The van der Waals surface area contributed by atoms with Crippen molar-refractivity contribution in [2.75, 3.05) is 39.3 Å². The van der Waals surface area contributed by atoms with Crippen LogP contribution >= 0.6 is 0 Å². The Morgan fingerprint density at radius 2 is 1.65 bits per heavy atom. The molecule has 4 rings (SSSR count). The van der Waals surface area contributed by atoms with Gasteiger partial charge in [0.15, 0.2) is 0 Å². The average molecular weight is 501 g/mol. The Hall–Kier alpha value is -4.10. The molecule has 1 aliphatic rings. The Kier molecular flexibility index (Phi) is 7.94. The highest BCUT2D eigenvalue weighted by Gasteiger charge is 2.45. The summed E-state index contributed by atoms with van der Waals surface area (Å²) in [5.41, 5.74) is 4.45. The molecule has 1 fully saturated rings. The highest BCUT2D eigenvalue weighted by Crippen LogP contribution is 2.39. The van der Waals surface area contributed by atoms with Crippen LogP contribution in [0.1, 0.15) is 28.3 Å². The van der Waals surface area contributed by atoms with Gasteiger partial charge in [0.05, 0.1) is 18.2 Å². The Morgan fingerprint density at radius 1 is 0.973 bits per heavy atom.